The molecule has 0 N–H and O–H groups in total. The Hall–Kier alpha value is -1.48. The SMILES string of the molecule is CC1CC2C(C)(C)C3C(=O)c4ccccc4C(=O)C23O1. The van der Waals surface area contributed by atoms with Crippen molar-refractivity contribution in [3.8, 4) is 0 Å². The largest absolute Gasteiger partial charge is 0.363 e. The van der Waals surface area contributed by atoms with Gasteiger partial charge in [0.15, 0.2) is 11.6 Å². The van der Waals surface area contributed by atoms with E-state index in [1.165, 1.54) is 0 Å². The lowest BCUT2D eigenvalue weighted by Crippen LogP contribution is -2.73. The van der Waals surface area contributed by atoms with Crippen LogP contribution in [0.5, 0.6) is 0 Å². The summed E-state index contributed by atoms with van der Waals surface area (Å²) in [5.74, 6) is -0.0749. The number of Topliss-reactive ketones (excluding diaryl/α,β-unsaturated/α-hetero) is 2. The van der Waals surface area contributed by atoms with E-state index in [2.05, 4.69) is 13.8 Å². The average Bonchev–Trinajstić information content (AvgIpc) is 2.72. The van der Waals surface area contributed by atoms with E-state index in [1.807, 2.05) is 19.1 Å². The number of carbonyl (C=O) groups excluding carboxylic acids is 2. The number of ether oxygens (including phenoxy) is 1. The number of carbonyl (C=O) groups is 2. The molecule has 0 bridgehead atoms. The third-order valence-corrected chi connectivity index (χ3v) is 5.61. The molecule has 0 amide bonds. The minimum atomic E-state index is -0.881. The second kappa shape index (κ2) is 3.40. The Morgan fingerprint density at radius 2 is 1.80 bits per heavy atom. The molecule has 20 heavy (non-hydrogen) atoms. The fourth-order valence-electron chi connectivity index (χ4n) is 4.89. The Bertz CT molecular complexity index is 645. The van der Waals surface area contributed by atoms with Crippen molar-refractivity contribution < 1.29 is 14.3 Å². The molecule has 104 valence electrons. The quantitative estimate of drug-likeness (QED) is 0.728. The summed E-state index contributed by atoms with van der Waals surface area (Å²) in [4.78, 5) is 25.8. The molecular weight excluding hydrogens is 252 g/mol. The lowest BCUT2D eigenvalue weighted by atomic mass is 9.41. The molecule has 4 atom stereocenters. The van der Waals surface area contributed by atoms with Gasteiger partial charge in [0.05, 0.1) is 12.0 Å². The van der Waals surface area contributed by atoms with Gasteiger partial charge in [0.1, 0.15) is 5.60 Å². The molecule has 4 rings (SSSR count). The van der Waals surface area contributed by atoms with Crippen molar-refractivity contribution >= 4 is 11.6 Å². The van der Waals surface area contributed by atoms with Crippen LogP contribution in [0.4, 0.5) is 0 Å². The molecule has 4 unspecified atom stereocenters. The molecule has 2 fully saturated rings. The number of benzene rings is 1. The first kappa shape index (κ1) is 12.3. The van der Waals surface area contributed by atoms with E-state index >= 15 is 0 Å². The van der Waals surface area contributed by atoms with E-state index in [4.69, 9.17) is 4.74 Å². The molecule has 3 nitrogen and oxygen atoms in total. The first-order chi connectivity index (χ1) is 9.40. The van der Waals surface area contributed by atoms with Gasteiger partial charge in [-0.15, -0.1) is 0 Å². The Kier molecular flexibility index (Phi) is 2.08. The molecule has 0 aromatic heterocycles. The molecule has 3 aliphatic rings. The van der Waals surface area contributed by atoms with Crippen molar-refractivity contribution in [3.05, 3.63) is 35.4 Å². The zero-order chi connectivity index (χ0) is 14.3. The highest BCUT2D eigenvalue weighted by atomic mass is 16.5. The number of rotatable bonds is 0. The number of ketones is 2. The zero-order valence-corrected chi connectivity index (χ0v) is 12.0. The first-order valence-corrected chi connectivity index (χ1v) is 7.26. The first-order valence-electron chi connectivity index (χ1n) is 7.26. The van der Waals surface area contributed by atoms with Crippen molar-refractivity contribution in [3.63, 3.8) is 0 Å². The van der Waals surface area contributed by atoms with Crippen molar-refractivity contribution in [2.75, 3.05) is 0 Å². The number of fused-ring (bicyclic) bond motifs is 1. The van der Waals surface area contributed by atoms with Crippen LogP contribution in [0.25, 0.3) is 0 Å². The summed E-state index contributed by atoms with van der Waals surface area (Å²) in [5, 5.41) is 0. The predicted octanol–water partition coefficient (Wildman–Crippen LogP) is 2.89. The smallest absolute Gasteiger partial charge is 0.196 e. The number of hydrogen-bond acceptors (Lipinski definition) is 3. The third-order valence-electron chi connectivity index (χ3n) is 5.61. The van der Waals surface area contributed by atoms with Crippen LogP contribution in [0.1, 0.15) is 47.9 Å². The molecule has 1 heterocycles. The molecule has 1 aromatic rings. The van der Waals surface area contributed by atoms with Gasteiger partial charge in [-0.05, 0) is 18.8 Å². The van der Waals surface area contributed by atoms with Crippen LogP contribution in [0.3, 0.4) is 0 Å². The highest BCUT2D eigenvalue weighted by Crippen LogP contribution is 2.68. The van der Waals surface area contributed by atoms with Crippen LogP contribution in [0.2, 0.25) is 0 Å². The van der Waals surface area contributed by atoms with Crippen LogP contribution < -0.4 is 0 Å². The Morgan fingerprint density at radius 3 is 2.50 bits per heavy atom. The van der Waals surface area contributed by atoms with Gasteiger partial charge >= 0.3 is 0 Å². The molecule has 0 radical (unpaired) electrons. The van der Waals surface area contributed by atoms with E-state index < -0.39 is 5.60 Å². The Morgan fingerprint density at radius 1 is 1.15 bits per heavy atom. The van der Waals surface area contributed by atoms with Gasteiger partial charge in [-0.1, -0.05) is 38.1 Å². The minimum Gasteiger partial charge on any atom is -0.363 e. The maximum atomic E-state index is 13.0. The van der Waals surface area contributed by atoms with Crippen LogP contribution in [0, 0.1) is 17.3 Å². The lowest BCUT2D eigenvalue weighted by molar-refractivity contribution is -0.175. The molecule has 2 aliphatic carbocycles. The predicted molar refractivity (Wildman–Crippen MR) is 73.8 cm³/mol. The van der Waals surface area contributed by atoms with Gasteiger partial charge in [-0.3, -0.25) is 9.59 Å². The van der Waals surface area contributed by atoms with Crippen LogP contribution >= 0.6 is 0 Å². The average molecular weight is 270 g/mol. The van der Waals surface area contributed by atoms with Crippen molar-refractivity contribution in [1.82, 2.24) is 0 Å². The third kappa shape index (κ3) is 1.09. The van der Waals surface area contributed by atoms with E-state index in [0.717, 1.165) is 6.42 Å². The summed E-state index contributed by atoms with van der Waals surface area (Å²) in [6, 6.07) is 7.17. The maximum Gasteiger partial charge on any atom is 0.196 e. The normalized spacial score (nSPS) is 40.6. The second-order valence-electron chi connectivity index (χ2n) is 7.00. The molecule has 1 saturated heterocycles. The topological polar surface area (TPSA) is 43.4 Å². The monoisotopic (exact) mass is 270 g/mol. The van der Waals surface area contributed by atoms with Gasteiger partial charge in [-0.2, -0.15) is 0 Å². The van der Waals surface area contributed by atoms with Crippen molar-refractivity contribution in [2.45, 2.75) is 38.9 Å². The summed E-state index contributed by atoms with van der Waals surface area (Å²) in [7, 11) is 0. The minimum absolute atomic E-state index is 0.0198. The molecule has 1 spiro atoms. The van der Waals surface area contributed by atoms with Crippen molar-refractivity contribution in [2.24, 2.45) is 17.3 Å². The molecule has 3 heteroatoms. The van der Waals surface area contributed by atoms with Gasteiger partial charge in [0.2, 0.25) is 0 Å². The van der Waals surface area contributed by atoms with Gasteiger partial charge in [0.25, 0.3) is 0 Å². The summed E-state index contributed by atoms with van der Waals surface area (Å²) < 4.78 is 6.06. The molecule has 1 saturated carbocycles. The Labute approximate surface area is 118 Å². The molecule has 1 aliphatic heterocycles. The van der Waals surface area contributed by atoms with E-state index in [0.29, 0.717) is 11.1 Å². The summed E-state index contributed by atoms with van der Waals surface area (Å²) in [5.41, 5.74) is 0.0745. The van der Waals surface area contributed by atoms with Crippen molar-refractivity contribution in [1.29, 1.82) is 0 Å². The van der Waals surface area contributed by atoms with Gasteiger partial charge in [0, 0.05) is 17.0 Å². The fourth-order valence-corrected chi connectivity index (χ4v) is 4.89. The van der Waals surface area contributed by atoms with Gasteiger partial charge in [-0.25, -0.2) is 0 Å². The Balaban J connectivity index is 1.96. The highest BCUT2D eigenvalue weighted by molar-refractivity contribution is 6.21. The van der Waals surface area contributed by atoms with Crippen LogP contribution in [-0.4, -0.2) is 23.3 Å². The molecule has 1 aromatic carbocycles. The van der Waals surface area contributed by atoms with Gasteiger partial charge < -0.3 is 4.74 Å². The fraction of sp³-hybridized carbons (Fsp3) is 0.529. The summed E-state index contributed by atoms with van der Waals surface area (Å²) in [6.07, 6.45) is 0.913. The van der Waals surface area contributed by atoms with E-state index in [1.54, 1.807) is 12.1 Å². The maximum absolute atomic E-state index is 13.0. The van der Waals surface area contributed by atoms with E-state index in [-0.39, 0.29) is 34.9 Å². The highest BCUT2D eigenvalue weighted by Gasteiger charge is 2.77. The molecular formula is C17H18O3. The second-order valence-corrected chi connectivity index (χ2v) is 7.00. The van der Waals surface area contributed by atoms with Crippen LogP contribution in [-0.2, 0) is 4.74 Å². The number of hydrogen-bond donors (Lipinski definition) is 0. The van der Waals surface area contributed by atoms with Crippen LogP contribution in [0.15, 0.2) is 24.3 Å². The summed E-state index contributed by atoms with van der Waals surface area (Å²) >= 11 is 0. The standard InChI is InChI=1S/C17H18O3/c1-9-8-12-16(2,3)14-13(18)10-6-4-5-7-11(10)15(19)17(12,14)20-9/h4-7,9,12,14H,8H2,1-3H3. The lowest BCUT2D eigenvalue weighted by Gasteiger charge is -2.62. The zero-order valence-electron chi connectivity index (χ0n) is 12.0. The van der Waals surface area contributed by atoms with E-state index in [9.17, 15) is 9.59 Å². The summed E-state index contributed by atoms with van der Waals surface area (Å²) in [6.45, 7) is 6.20.